The first-order chi connectivity index (χ1) is 6.77. The Morgan fingerprint density at radius 2 is 2.50 bits per heavy atom. The number of thiophene rings is 1. The molecule has 14 heavy (non-hydrogen) atoms. The van der Waals surface area contributed by atoms with Gasteiger partial charge in [0.1, 0.15) is 11.3 Å². The molecule has 0 aliphatic carbocycles. The Bertz CT molecular complexity index is 355. The van der Waals surface area contributed by atoms with E-state index in [0.717, 1.165) is 4.88 Å². The quantitative estimate of drug-likeness (QED) is 0.778. The third-order valence-corrected chi connectivity index (χ3v) is 2.82. The fourth-order valence-corrected chi connectivity index (χ4v) is 1.93. The number of amides is 1. The molecule has 0 aromatic carbocycles. The highest BCUT2D eigenvalue weighted by atomic mass is 32.1. The highest BCUT2D eigenvalue weighted by Gasteiger charge is 2.08. The standard InChI is InChI=1S/C8H9NO3S2/c1-2-12-8(10)9-7(14-11)6-4-3-5-13-6/h3-5H,2H2,1H3,(H,9,10). The number of hydrogen-bond donors (Lipinski definition) is 1. The van der Waals surface area contributed by atoms with Crippen molar-refractivity contribution in [3.8, 4) is 0 Å². The van der Waals surface area contributed by atoms with Gasteiger partial charge in [-0.3, -0.25) is 5.32 Å². The first kappa shape index (κ1) is 10.9. The summed E-state index contributed by atoms with van der Waals surface area (Å²) in [5.74, 6) is 0. The van der Waals surface area contributed by atoms with Crippen molar-refractivity contribution in [3.05, 3.63) is 22.4 Å². The van der Waals surface area contributed by atoms with Crippen LogP contribution < -0.4 is 5.32 Å². The van der Waals surface area contributed by atoms with Crippen molar-refractivity contribution in [1.82, 2.24) is 5.32 Å². The van der Waals surface area contributed by atoms with Gasteiger partial charge in [-0.2, -0.15) is 0 Å². The first-order valence-corrected chi connectivity index (χ1v) is 5.54. The predicted molar refractivity (Wildman–Crippen MR) is 56.7 cm³/mol. The molecule has 0 saturated carbocycles. The van der Waals surface area contributed by atoms with Crippen LogP contribution in [0.15, 0.2) is 17.5 Å². The van der Waals surface area contributed by atoms with Gasteiger partial charge in [-0.05, 0) is 18.4 Å². The molecule has 0 saturated heterocycles. The number of ether oxygens (including phenoxy) is 1. The number of rotatable bonds is 2. The van der Waals surface area contributed by atoms with Gasteiger partial charge in [-0.25, -0.2) is 9.00 Å². The van der Waals surface area contributed by atoms with Gasteiger partial charge < -0.3 is 4.74 Å². The molecule has 0 unspecified atom stereocenters. The second kappa shape index (κ2) is 5.56. The van der Waals surface area contributed by atoms with Crippen LogP contribution in [0.4, 0.5) is 4.79 Å². The third kappa shape index (κ3) is 2.97. The molecule has 0 atom stereocenters. The lowest BCUT2D eigenvalue weighted by molar-refractivity contribution is 0.158. The fourth-order valence-electron chi connectivity index (χ4n) is 0.791. The molecule has 0 radical (unpaired) electrons. The van der Waals surface area contributed by atoms with Gasteiger partial charge >= 0.3 is 6.09 Å². The molecular formula is C8H9NO3S2. The molecule has 1 aromatic heterocycles. The van der Waals surface area contributed by atoms with E-state index in [1.807, 2.05) is 11.4 Å². The van der Waals surface area contributed by atoms with Crippen LogP contribution in [0.1, 0.15) is 11.8 Å². The van der Waals surface area contributed by atoms with Crippen LogP contribution in [0.5, 0.6) is 0 Å². The van der Waals surface area contributed by atoms with Crippen LogP contribution in [0, 0.1) is 0 Å². The summed E-state index contributed by atoms with van der Waals surface area (Å²) in [5, 5.41) is 4.22. The van der Waals surface area contributed by atoms with E-state index in [2.05, 4.69) is 10.1 Å². The minimum absolute atomic E-state index is 0.247. The van der Waals surface area contributed by atoms with Crippen molar-refractivity contribution in [2.75, 3.05) is 6.61 Å². The Hall–Kier alpha value is -1.14. The predicted octanol–water partition coefficient (Wildman–Crippen LogP) is 1.19. The number of carbonyl (C=O) groups excluding carboxylic acids is 1. The van der Waals surface area contributed by atoms with Crippen molar-refractivity contribution in [2.24, 2.45) is 0 Å². The van der Waals surface area contributed by atoms with E-state index in [9.17, 15) is 9.00 Å². The van der Waals surface area contributed by atoms with E-state index in [1.165, 1.54) is 11.3 Å². The Labute approximate surface area is 89.0 Å². The number of nitrogens with one attached hydrogen (secondary N) is 1. The lowest BCUT2D eigenvalue weighted by Gasteiger charge is -2.03. The van der Waals surface area contributed by atoms with E-state index in [4.69, 9.17) is 0 Å². The maximum atomic E-state index is 11.0. The number of alkyl carbamates (subject to hydrolysis) is 1. The topological polar surface area (TPSA) is 55.4 Å². The Morgan fingerprint density at radius 1 is 1.71 bits per heavy atom. The summed E-state index contributed by atoms with van der Waals surface area (Å²) in [5.41, 5.74) is 0. The largest absolute Gasteiger partial charge is 0.450 e. The van der Waals surface area contributed by atoms with Gasteiger partial charge in [0.05, 0.1) is 11.5 Å². The van der Waals surface area contributed by atoms with E-state index >= 15 is 0 Å². The van der Waals surface area contributed by atoms with Crippen molar-refractivity contribution in [1.29, 1.82) is 0 Å². The normalized spacial score (nSPS) is 9.21. The van der Waals surface area contributed by atoms with E-state index < -0.39 is 6.09 Å². The molecule has 0 spiro atoms. The minimum Gasteiger partial charge on any atom is -0.450 e. The van der Waals surface area contributed by atoms with Crippen LogP contribution in [0.25, 0.3) is 0 Å². The van der Waals surface area contributed by atoms with Gasteiger partial charge in [0, 0.05) is 0 Å². The summed E-state index contributed by atoms with van der Waals surface area (Å²) in [4.78, 5) is 12.0. The third-order valence-electron chi connectivity index (χ3n) is 1.32. The average Bonchev–Trinajstić information content (AvgIpc) is 2.67. The Morgan fingerprint density at radius 3 is 3.00 bits per heavy atom. The average molecular weight is 231 g/mol. The molecule has 1 aromatic rings. The summed E-state index contributed by atoms with van der Waals surface area (Å²) in [6.45, 7) is 1.99. The molecular weight excluding hydrogens is 222 g/mol. The van der Waals surface area contributed by atoms with Gasteiger partial charge in [-0.15, -0.1) is 11.3 Å². The Balaban J connectivity index is 2.67. The molecule has 4 nitrogen and oxygen atoms in total. The first-order valence-electron chi connectivity index (χ1n) is 3.92. The van der Waals surface area contributed by atoms with Gasteiger partial charge in [0.2, 0.25) is 0 Å². The van der Waals surface area contributed by atoms with Crippen LogP contribution in [-0.4, -0.2) is 21.9 Å². The molecule has 0 aliphatic rings. The van der Waals surface area contributed by atoms with Crippen LogP contribution in [-0.2, 0) is 16.0 Å². The van der Waals surface area contributed by atoms with Gasteiger partial charge in [0.15, 0.2) is 4.99 Å². The Kier molecular flexibility index (Phi) is 4.34. The maximum Gasteiger partial charge on any atom is 0.412 e. The fraction of sp³-hybridized carbons (Fsp3) is 0.250. The highest BCUT2D eigenvalue weighted by molar-refractivity contribution is 7.67. The van der Waals surface area contributed by atoms with Crippen LogP contribution in [0.2, 0.25) is 0 Å². The maximum absolute atomic E-state index is 11.0. The van der Waals surface area contributed by atoms with Crippen molar-refractivity contribution >= 4 is 33.7 Å². The summed E-state index contributed by atoms with van der Waals surface area (Å²) in [6, 6.07) is 3.57. The SMILES string of the molecule is CCOC(=O)NC(=S=O)c1cccs1. The van der Waals surface area contributed by atoms with E-state index in [-0.39, 0.29) is 22.9 Å². The van der Waals surface area contributed by atoms with Crippen molar-refractivity contribution < 1.29 is 13.7 Å². The summed E-state index contributed by atoms with van der Waals surface area (Å²) < 4.78 is 15.3. The highest BCUT2D eigenvalue weighted by Crippen LogP contribution is 2.07. The van der Waals surface area contributed by atoms with Gasteiger partial charge in [0.25, 0.3) is 0 Å². The van der Waals surface area contributed by atoms with Crippen LogP contribution >= 0.6 is 11.3 Å². The molecule has 1 N–H and O–H groups in total. The van der Waals surface area contributed by atoms with Gasteiger partial charge in [-0.1, -0.05) is 6.07 Å². The summed E-state index contributed by atoms with van der Waals surface area (Å²) in [6.07, 6.45) is -0.598. The lowest BCUT2D eigenvalue weighted by atomic mass is 10.5. The zero-order valence-electron chi connectivity index (χ0n) is 7.48. The lowest BCUT2D eigenvalue weighted by Crippen LogP contribution is -2.31. The molecule has 0 fully saturated rings. The van der Waals surface area contributed by atoms with Crippen molar-refractivity contribution in [2.45, 2.75) is 6.92 Å². The monoisotopic (exact) mass is 231 g/mol. The minimum atomic E-state index is -0.598. The number of hydrogen-bond acceptors (Lipinski definition) is 4. The summed E-state index contributed by atoms with van der Waals surface area (Å²) >= 11 is 1.63. The van der Waals surface area contributed by atoms with Crippen molar-refractivity contribution in [3.63, 3.8) is 0 Å². The van der Waals surface area contributed by atoms with E-state index in [0.29, 0.717) is 0 Å². The van der Waals surface area contributed by atoms with Crippen LogP contribution in [0.3, 0.4) is 0 Å². The second-order valence-corrected chi connectivity index (χ2v) is 3.76. The molecule has 0 aliphatic heterocycles. The molecule has 0 bridgehead atoms. The zero-order chi connectivity index (χ0) is 10.4. The smallest absolute Gasteiger partial charge is 0.412 e. The zero-order valence-corrected chi connectivity index (χ0v) is 9.11. The molecule has 1 rings (SSSR count). The van der Waals surface area contributed by atoms with E-state index in [1.54, 1.807) is 13.0 Å². The number of carbonyl (C=O) groups is 1. The molecule has 6 heteroatoms. The molecule has 1 amide bonds. The molecule has 1 heterocycles. The molecule has 76 valence electrons. The second-order valence-electron chi connectivity index (χ2n) is 2.24. The summed E-state index contributed by atoms with van der Waals surface area (Å²) in [7, 11) is 0.